The Bertz CT molecular complexity index is 499. The first-order valence-corrected chi connectivity index (χ1v) is 7.29. The van der Waals surface area contributed by atoms with Crippen LogP contribution in [-0.4, -0.2) is 26.1 Å². The average molecular weight is 319 g/mol. The number of rotatable bonds is 4. The number of carbonyl (C=O) groups excluding carboxylic acids is 1. The monoisotopic (exact) mass is 318 g/mol. The summed E-state index contributed by atoms with van der Waals surface area (Å²) in [7, 11) is 0. The third-order valence-corrected chi connectivity index (χ3v) is 3.22. The molecule has 0 amide bonds. The van der Waals surface area contributed by atoms with Crippen LogP contribution in [0.15, 0.2) is 6.07 Å². The number of ether oxygens (including phenoxy) is 3. The molecule has 0 N–H and O–H groups in total. The van der Waals surface area contributed by atoms with Crippen molar-refractivity contribution in [3.63, 3.8) is 0 Å². The van der Waals surface area contributed by atoms with Gasteiger partial charge in [-0.3, -0.25) is 4.79 Å². The first-order chi connectivity index (χ1) is 10.0. The molecule has 0 spiro atoms. The van der Waals surface area contributed by atoms with E-state index in [2.05, 4.69) is 0 Å². The summed E-state index contributed by atoms with van der Waals surface area (Å²) in [5, 5.41) is -0.166. The zero-order valence-electron chi connectivity index (χ0n) is 12.7. The molecule has 0 aromatic heterocycles. The van der Waals surface area contributed by atoms with Crippen LogP contribution >= 0.6 is 11.6 Å². The summed E-state index contributed by atoms with van der Waals surface area (Å²) in [6.45, 7) is 8.52. The predicted octanol–water partition coefficient (Wildman–Crippen LogP) is 3.94. The van der Waals surface area contributed by atoms with Crippen molar-refractivity contribution in [2.24, 2.45) is 0 Å². The lowest BCUT2D eigenvalue weighted by atomic mass is 10.0. The van der Waals surface area contributed by atoms with E-state index in [1.165, 1.54) is 6.07 Å². The Morgan fingerprint density at radius 1 is 1.43 bits per heavy atom. The number of aldehydes is 1. The molecule has 0 saturated carbocycles. The summed E-state index contributed by atoms with van der Waals surface area (Å²) >= 11 is 5.81. The van der Waals surface area contributed by atoms with Crippen molar-refractivity contribution in [2.45, 2.75) is 33.5 Å². The lowest BCUT2D eigenvalue weighted by Crippen LogP contribution is -2.24. The van der Waals surface area contributed by atoms with Crippen LogP contribution < -0.4 is 4.74 Å². The van der Waals surface area contributed by atoms with E-state index in [1.807, 2.05) is 13.8 Å². The highest BCUT2D eigenvalue weighted by Gasteiger charge is 2.38. The molecule has 0 radical (unpaired) electrons. The smallest absolute Gasteiger partial charge is 0.195 e. The molecule has 1 fully saturated rings. The van der Waals surface area contributed by atoms with E-state index in [0.717, 1.165) is 0 Å². The number of carbonyl (C=O) groups is 1. The minimum atomic E-state index is -1.08. The van der Waals surface area contributed by atoms with Gasteiger partial charge in [-0.05, 0) is 19.9 Å². The Morgan fingerprint density at radius 3 is 2.48 bits per heavy atom. The van der Waals surface area contributed by atoms with Crippen LogP contribution in [0.5, 0.6) is 5.75 Å². The molecule has 21 heavy (non-hydrogen) atoms. The minimum Gasteiger partial charge on any atom is -0.493 e. The molecule has 4 nitrogen and oxygen atoms in total. The highest BCUT2D eigenvalue weighted by molar-refractivity contribution is 6.31. The fraction of sp³-hybridized carbons (Fsp3) is 0.533. The van der Waals surface area contributed by atoms with Gasteiger partial charge in [-0.25, -0.2) is 4.39 Å². The zero-order valence-corrected chi connectivity index (χ0v) is 13.4. The van der Waals surface area contributed by atoms with Crippen molar-refractivity contribution in [3.8, 4) is 5.75 Å². The summed E-state index contributed by atoms with van der Waals surface area (Å²) in [6, 6.07) is 1.38. The van der Waals surface area contributed by atoms with Gasteiger partial charge in [0, 0.05) is 0 Å². The average Bonchev–Trinajstić information content (AvgIpc) is 2.93. The maximum absolute atomic E-state index is 13.9. The van der Waals surface area contributed by atoms with Crippen molar-refractivity contribution in [1.29, 1.82) is 0 Å². The molecule has 2 rings (SSSR count). The summed E-state index contributed by atoms with van der Waals surface area (Å²) in [5.74, 6) is -1.77. The van der Waals surface area contributed by atoms with Gasteiger partial charge in [-0.1, -0.05) is 25.4 Å². The molecule has 0 bridgehead atoms. The Hall–Kier alpha value is -1.17. The number of halogens is 2. The van der Waals surface area contributed by atoms with Gasteiger partial charge in [0.15, 0.2) is 17.9 Å². The van der Waals surface area contributed by atoms with E-state index in [4.69, 9.17) is 25.8 Å². The zero-order chi connectivity index (χ0) is 16.0. The van der Waals surface area contributed by atoms with Crippen LogP contribution in [0.25, 0.3) is 0 Å². The summed E-state index contributed by atoms with van der Waals surface area (Å²) < 4.78 is 30.3. The number of hydrogen-bond acceptors (Lipinski definition) is 4. The van der Waals surface area contributed by atoms with Gasteiger partial charge in [-0.2, -0.15) is 0 Å². The second-order valence-electron chi connectivity index (χ2n) is 4.16. The van der Waals surface area contributed by atoms with E-state index >= 15 is 0 Å². The topological polar surface area (TPSA) is 44.8 Å². The quantitative estimate of drug-likeness (QED) is 0.789. The molecule has 1 aliphatic heterocycles. The maximum Gasteiger partial charge on any atom is 0.195 e. The molecule has 0 unspecified atom stereocenters. The van der Waals surface area contributed by atoms with Crippen LogP contribution in [0.1, 0.15) is 43.6 Å². The fourth-order valence-corrected chi connectivity index (χ4v) is 2.25. The first kappa shape index (κ1) is 17.9. The van der Waals surface area contributed by atoms with Crippen LogP contribution in [0.3, 0.4) is 0 Å². The second kappa shape index (κ2) is 7.73. The third kappa shape index (κ3) is 3.54. The number of benzene rings is 1. The molecule has 1 saturated heterocycles. The Morgan fingerprint density at radius 2 is 2.00 bits per heavy atom. The van der Waals surface area contributed by atoms with Gasteiger partial charge < -0.3 is 14.2 Å². The van der Waals surface area contributed by atoms with Gasteiger partial charge in [0.1, 0.15) is 5.75 Å². The number of hydrogen-bond donors (Lipinski definition) is 0. The molecule has 0 atom stereocenters. The van der Waals surface area contributed by atoms with Crippen LogP contribution in [0.2, 0.25) is 5.02 Å². The SMILES string of the molecule is CC.CCOc1c(C2(C)OCCO2)cc(Cl)c(F)c1C=O. The van der Waals surface area contributed by atoms with Crippen molar-refractivity contribution >= 4 is 17.9 Å². The summed E-state index contributed by atoms with van der Waals surface area (Å²) in [5.41, 5.74) is 0.199. The van der Waals surface area contributed by atoms with E-state index in [9.17, 15) is 9.18 Å². The molecular formula is C15H20ClFO4. The largest absolute Gasteiger partial charge is 0.493 e. The van der Waals surface area contributed by atoms with Crippen molar-refractivity contribution < 1.29 is 23.4 Å². The Balaban J connectivity index is 0.00000106. The second-order valence-corrected chi connectivity index (χ2v) is 4.56. The predicted molar refractivity (Wildman–Crippen MR) is 78.6 cm³/mol. The molecule has 6 heteroatoms. The first-order valence-electron chi connectivity index (χ1n) is 6.92. The lowest BCUT2D eigenvalue weighted by molar-refractivity contribution is -0.150. The van der Waals surface area contributed by atoms with Gasteiger partial charge in [-0.15, -0.1) is 0 Å². The van der Waals surface area contributed by atoms with Crippen molar-refractivity contribution in [2.75, 3.05) is 19.8 Å². The van der Waals surface area contributed by atoms with E-state index in [1.54, 1.807) is 13.8 Å². The third-order valence-electron chi connectivity index (χ3n) is 2.94. The van der Waals surface area contributed by atoms with Gasteiger partial charge in [0.2, 0.25) is 0 Å². The van der Waals surface area contributed by atoms with Crippen LogP contribution in [-0.2, 0) is 15.3 Å². The standard InChI is InChI=1S/C13H14ClFO4.C2H6/c1-3-17-12-8(7-16)11(15)10(14)6-9(12)13(2)18-4-5-19-13;1-2/h6-7H,3-5H2,1-2H3;1-2H3. The summed E-state index contributed by atoms with van der Waals surface area (Å²) in [4.78, 5) is 11.1. The Labute approximate surface area is 129 Å². The maximum atomic E-state index is 13.9. The summed E-state index contributed by atoms with van der Waals surface area (Å²) in [6.07, 6.45) is 0.383. The lowest BCUT2D eigenvalue weighted by Gasteiger charge is -2.26. The molecular weight excluding hydrogens is 299 g/mol. The fourth-order valence-electron chi connectivity index (χ4n) is 2.04. The van der Waals surface area contributed by atoms with Crippen molar-refractivity contribution in [3.05, 3.63) is 28.0 Å². The van der Waals surface area contributed by atoms with Gasteiger partial charge in [0.05, 0.1) is 36.0 Å². The Kier molecular flexibility index (Phi) is 6.58. The minimum absolute atomic E-state index is 0.115. The molecule has 1 aliphatic rings. The van der Waals surface area contributed by atoms with E-state index < -0.39 is 11.6 Å². The molecule has 118 valence electrons. The van der Waals surface area contributed by atoms with E-state index in [-0.39, 0.29) is 22.9 Å². The molecule has 1 aromatic rings. The van der Waals surface area contributed by atoms with E-state index in [0.29, 0.717) is 25.1 Å². The molecule has 1 aromatic carbocycles. The van der Waals surface area contributed by atoms with Crippen LogP contribution in [0.4, 0.5) is 4.39 Å². The highest BCUT2D eigenvalue weighted by Crippen LogP contribution is 2.41. The van der Waals surface area contributed by atoms with Gasteiger partial charge >= 0.3 is 0 Å². The molecule has 0 aliphatic carbocycles. The highest BCUT2D eigenvalue weighted by atomic mass is 35.5. The van der Waals surface area contributed by atoms with Crippen molar-refractivity contribution in [1.82, 2.24) is 0 Å². The van der Waals surface area contributed by atoms with Crippen LogP contribution in [0, 0.1) is 5.82 Å². The molecule has 1 heterocycles. The normalized spacial score (nSPS) is 16.1. The van der Waals surface area contributed by atoms with Gasteiger partial charge in [0.25, 0.3) is 0 Å².